The van der Waals surface area contributed by atoms with Gasteiger partial charge in [0.15, 0.2) is 6.61 Å². The number of amides is 1. The lowest BCUT2D eigenvalue weighted by atomic mass is 10.3. The molecule has 0 radical (unpaired) electrons. The minimum atomic E-state index is -0.407. The molecule has 0 heterocycles. The van der Waals surface area contributed by atoms with Crippen molar-refractivity contribution in [1.29, 1.82) is 0 Å². The first-order valence-electron chi connectivity index (χ1n) is 7.09. The van der Waals surface area contributed by atoms with Gasteiger partial charge in [-0.2, -0.15) is 0 Å². The summed E-state index contributed by atoms with van der Waals surface area (Å²) in [6.45, 7) is 0.501. The van der Waals surface area contributed by atoms with Crippen LogP contribution in [0.1, 0.15) is 0 Å². The lowest BCUT2D eigenvalue weighted by molar-refractivity contribution is -0.123. The largest absolute Gasteiger partial charge is 0.497 e. The first-order chi connectivity index (χ1) is 11.2. The fraction of sp³-hybridized carbons (Fsp3) is 0.235. The van der Waals surface area contributed by atoms with E-state index in [0.29, 0.717) is 24.7 Å². The first-order valence-corrected chi connectivity index (χ1v) is 7.09. The SMILES string of the molecule is COc1ccc(OCCNC(=O)COc2cccc(F)c2)cc1. The minimum Gasteiger partial charge on any atom is -0.497 e. The van der Waals surface area contributed by atoms with Crippen LogP contribution in [0.15, 0.2) is 48.5 Å². The van der Waals surface area contributed by atoms with Gasteiger partial charge in [0.1, 0.15) is 29.7 Å². The van der Waals surface area contributed by atoms with Crippen LogP contribution in [0.4, 0.5) is 4.39 Å². The van der Waals surface area contributed by atoms with Gasteiger partial charge in [0.05, 0.1) is 13.7 Å². The van der Waals surface area contributed by atoms with Crippen LogP contribution in [-0.4, -0.2) is 32.8 Å². The van der Waals surface area contributed by atoms with Crippen LogP contribution in [0.3, 0.4) is 0 Å². The van der Waals surface area contributed by atoms with Crippen LogP contribution in [0.5, 0.6) is 17.2 Å². The van der Waals surface area contributed by atoms with Crippen LogP contribution >= 0.6 is 0 Å². The Morgan fingerprint density at radius 2 is 1.78 bits per heavy atom. The van der Waals surface area contributed by atoms with Gasteiger partial charge in [0, 0.05) is 6.07 Å². The Hall–Kier alpha value is -2.76. The number of nitrogens with one attached hydrogen (secondary N) is 1. The predicted octanol–water partition coefficient (Wildman–Crippen LogP) is 2.41. The molecule has 1 amide bonds. The normalized spacial score (nSPS) is 10.0. The van der Waals surface area contributed by atoms with E-state index in [1.54, 1.807) is 37.4 Å². The molecule has 0 bridgehead atoms. The highest BCUT2D eigenvalue weighted by Gasteiger charge is 2.03. The molecule has 0 saturated heterocycles. The number of methoxy groups -OCH3 is 1. The lowest BCUT2D eigenvalue weighted by Crippen LogP contribution is -2.32. The number of ether oxygens (including phenoxy) is 3. The Bertz CT molecular complexity index is 631. The third-order valence-electron chi connectivity index (χ3n) is 2.92. The molecule has 0 aliphatic heterocycles. The van der Waals surface area contributed by atoms with Gasteiger partial charge >= 0.3 is 0 Å². The molecule has 0 atom stereocenters. The molecule has 0 saturated carbocycles. The average Bonchev–Trinajstić information content (AvgIpc) is 2.57. The van der Waals surface area contributed by atoms with E-state index in [4.69, 9.17) is 14.2 Å². The van der Waals surface area contributed by atoms with Crippen molar-refractivity contribution in [1.82, 2.24) is 5.32 Å². The quantitative estimate of drug-likeness (QED) is 0.759. The zero-order valence-electron chi connectivity index (χ0n) is 12.8. The molecule has 5 nitrogen and oxygen atoms in total. The fourth-order valence-corrected chi connectivity index (χ4v) is 1.79. The molecule has 1 N–H and O–H groups in total. The lowest BCUT2D eigenvalue weighted by Gasteiger charge is -2.09. The molecule has 0 aliphatic carbocycles. The molecular weight excluding hydrogens is 301 g/mol. The number of hydrogen-bond acceptors (Lipinski definition) is 4. The summed E-state index contributed by atoms with van der Waals surface area (Å²) in [4.78, 5) is 11.6. The third kappa shape index (κ3) is 5.86. The van der Waals surface area contributed by atoms with E-state index in [-0.39, 0.29) is 12.5 Å². The number of carbonyl (C=O) groups excluding carboxylic acids is 1. The number of halogens is 1. The van der Waals surface area contributed by atoms with E-state index in [1.165, 1.54) is 18.2 Å². The van der Waals surface area contributed by atoms with Gasteiger partial charge in [-0.05, 0) is 36.4 Å². The van der Waals surface area contributed by atoms with Crippen molar-refractivity contribution in [2.75, 3.05) is 26.9 Å². The van der Waals surface area contributed by atoms with Crippen LogP contribution in [0.25, 0.3) is 0 Å². The zero-order valence-corrected chi connectivity index (χ0v) is 12.8. The Labute approximate surface area is 134 Å². The summed E-state index contributed by atoms with van der Waals surface area (Å²) in [5.41, 5.74) is 0. The van der Waals surface area contributed by atoms with Gasteiger partial charge in [-0.3, -0.25) is 4.79 Å². The fourth-order valence-electron chi connectivity index (χ4n) is 1.79. The zero-order chi connectivity index (χ0) is 16.5. The smallest absolute Gasteiger partial charge is 0.258 e. The average molecular weight is 319 g/mol. The maximum atomic E-state index is 12.9. The molecule has 0 aromatic heterocycles. The van der Waals surface area contributed by atoms with Crippen molar-refractivity contribution in [3.05, 3.63) is 54.3 Å². The predicted molar refractivity (Wildman–Crippen MR) is 83.4 cm³/mol. The maximum absolute atomic E-state index is 12.9. The summed E-state index contributed by atoms with van der Waals surface area (Å²) in [6.07, 6.45) is 0. The Morgan fingerprint density at radius 3 is 2.48 bits per heavy atom. The second-order valence-corrected chi connectivity index (χ2v) is 4.62. The van der Waals surface area contributed by atoms with Crippen molar-refractivity contribution in [3.8, 4) is 17.2 Å². The summed E-state index contributed by atoms with van der Waals surface area (Å²) < 4.78 is 28.6. The summed E-state index contributed by atoms with van der Waals surface area (Å²) in [6, 6.07) is 12.8. The minimum absolute atomic E-state index is 0.175. The molecule has 2 aromatic rings. The molecule has 2 rings (SSSR count). The second-order valence-electron chi connectivity index (χ2n) is 4.62. The molecular formula is C17H18FNO4. The topological polar surface area (TPSA) is 56.8 Å². The molecule has 0 aliphatic rings. The van der Waals surface area contributed by atoms with Gasteiger partial charge in [-0.1, -0.05) is 6.07 Å². The standard InChI is InChI=1S/C17H18FNO4/c1-21-14-5-7-15(8-6-14)22-10-9-19-17(20)12-23-16-4-2-3-13(18)11-16/h2-8,11H,9-10,12H2,1H3,(H,19,20). The number of benzene rings is 2. The van der Waals surface area contributed by atoms with Crippen molar-refractivity contribution in [3.63, 3.8) is 0 Å². The van der Waals surface area contributed by atoms with Crippen LogP contribution in [0, 0.1) is 5.82 Å². The van der Waals surface area contributed by atoms with Crippen molar-refractivity contribution < 1.29 is 23.4 Å². The third-order valence-corrected chi connectivity index (χ3v) is 2.92. The van der Waals surface area contributed by atoms with E-state index >= 15 is 0 Å². The van der Waals surface area contributed by atoms with E-state index in [9.17, 15) is 9.18 Å². The highest BCUT2D eigenvalue weighted by molar-refractivity contribution is 5.77. The number of hydrogen-bond donors (Lipinski definition) is 1. The molecule has 0 fully saturated rings. The van der Waals surface area contributed by atoms with Gasteiger partial charge in [-0.25, -0.2) is 4.39 Å². The van der Waals surface area contributed by atoms with Gasteiger partial charge < -0.3 is 19.5 Å². The maximum Gasteiger partial charge on any atom is 0.258 e. The van der Waals surface area contributed by atoms with Crippen LogP contribution in [-0.2, 0) is 4.79 Å². The Balaban J connectivity index is 1.62. The van der Waals surface area contributed by atoms with Crippen molar-refractivity contribution in [2.24, 2.45) is 0 Å². The monoisotopic (exact) mass is 319 g/mol. The first kappa shape index (κ1) is 16.6. The van der Waals surface area contributed by atoms with Crippen LogP contribution < -0.4 is 19.5 Å². The van der Waals surface area contributed by atoms with Crippen molar-refractivity contribution >= 4 is 5.91 Å². The Kier molecular flexibility index (Phi) is 6.23. The number of carbonyl (C=O) groups is 1. The van der Waals surface area contributed by atoms with E-state index in [0.717, 1.165) is 5.75 Å². The van der Waals surface area contributed by atoms with E-state index < -0.39 is 5.82 Å². The summed E-state index contributed by atoms with van der Waals surface area (Å²) in [5.74, 6) is 1.05. The van der Waals surface area contributed by atoms with Gasteiger partial charge in [0.2, 0.25) is 0 Å². The molecule has 122 valence electrons. The van der Waals surface area contributed by atoms with Gasteiger partial charge in [-0.15, -0.1) is 0 Å². The summed E-state index contributed by atoms with van der Waals surface area (Å²) in [5, 5.41) is 2.65. The highest BCUT2D eigenvalue weighted by Crippen LogP contribution is 2.16. The summed E-state index contributed by atoms with van der Waals surface area (Å²) >= 11 is 0. The molecule has 0 unspecified atom stereocenters. The number of rotatable bonds is 8. The van der Waals surface area contributed by atoms with Gasteiger partial charge in [0.25, 0.3) is 5.91 Å². The second kappa shape index (κ2) is 8.63. The molecule has 2 aromatic carbocycles. The Morgan fingerprint density at radius 1 is 1.04 bits per heavy atom. The molecule has 6 heteroatoms. The van der Waals surface area contributed by atoms with Crippen molar-refractivity contribution in [2.45, 2.75) is 0 Å². The summed E-state index contributed by atoms with van der Waals surface area (Å²) in [7, 11) is 1.59. The molecule has 23 heavy (non-hydrogen) atoms. The van der Waals surface area contributed by atoms with Crippen LogP contribution in [0.2, 0.25) is 0 Å². The molecule has 0 spiro atoms. The highest BCUT2D eigenvalue weighted by atomic mass is 19.1. The van der Waals surface area contributed by atoms with E-state index in [2.05, 4.69) is 5.32 Å². The van der Waals surface area contributed by atoms with E-state index in [1.807, 2.05) is 0 Å².